The van der Waals surface area contributed by atoms with Crippen molar-refractivity contribution in [2.75, 3.05) is 13.2 Å². The average Bonchev–Trinajstić information content (AvgIpc) is 2.96. The topological polar surface area (TPSA) is 92.8 Å². The highest BCUT2D eigenvalue weighted by atomic mass is 16.5. The van der Waals surface area contributed by atoms with Crippen molar-refractivity contribution in [3.8, 4) is 11.8 Å². The number of nitrogens with zero attached hydrogens (tertiary/aromatic N) is 1. The number of carbonyl (C=O) groups excluding carboxylic acids is 4. The Balaban J connectivity index is 1.73. The van der Waals surface area contributed by atoms with Gasteiger partial charge in [-0.2, -0.15) is 0 Å². The first-order chi connectivity index (χ1) is 12.6. The van der Waals surface area contributed by atoms with Crippen molar-refractivity contribution in [3.05, 3.63) is 34.9 Å². The lowest BCUT2D eigenvalue weighted by atomic mass is 10.0. The molecule has 1 N–H and O–H groups in total. The third kappa shape index (κ3) is 3.65. The zero-order chi connectivity index (χ0) is 18.5. The van der Waals surface area contributed by atoms with Crippen molar-refractivity contribution >= 4 is 24.0 Å². The molecule has 134 valence electrons. The molecule has 2 aliphatic rings. The number of imide groups is 1. The lowest BCUT2D eigenvalue weighted by Gasteiger charge is -2.29. The van der Waals surface area contributed by atoms with E-state index in [4.69, 9.17) is 4.74 Å². The number of hydrogen-bond acceptors (Lipinski definition) is 5. The molecule has 0 spiro atoms. The van der Waals surface area contributed by atoms with Crippen LogP contribution in [0.15, 0.2) is 18.2 Å². The zero-order valence-electron chi connectivity index (χ0n) is 14.1. The lowest BCUT2D eigenvalue weighted by molar-refractivity contribution is -0.136. The second kappa shape index (κ2) is 7.93. The van der Waals surface area contributed by atoms with Gasteiger partial charge in [-0.1, -0.05) is 17.9 Å². The SMILES string of the molecule is O=CCOCCC#Cc1cccc2c1CN(C1CCC(=O)NC1=O)C2=O. The van der Waals surface area contributed by atoms with Crippen LogP contribution in [0.4, 0.5) is 0 Å². The predicted octanol–water partition coefficient (Wildman–Crippen LogP) is 0.405. The molecule has 2 aliphatic heterocycles. The summed E-state index contributed by atoms with van der Waals surface area (Å²) in [5.41, 5.74) is 2.07. The molecule has 1 saturated heterocycles. The van der Waals surface area contributed by atoms with Crippen molar-refractivity contribution in [2.45, 2.75) is 31.8 Å². The van der Waals surface area contributed by atoms with Crippen LogP contribution in [0.25, 0.3) is 0 Å². The van der Waals surface area contributed by atoms with Crippen LogP contribution in [-0.2, 0) is 25.7 Å². The van der Waals surface area contributed by atoms with Gasteiger partial charge in [0.15, 0.2) is 0 Å². The zero-order valence-corrected chi connectivity index (χ0v) is 14.1. The second-order valence-corrected chi connectivity index (χ2v) is 6.02. The van der Waals surface area contributed by atoms with Gasteiger partial charge in [0.1, 0.15) is 18.9 Å². The summed E-state index contributed by atoms with van der Waals surface area (Å²) >= 11 is 0. The number of carbonyl (C=O) groups is 4. The Labute approximate surface area is 150 Å². The molecule has 0 radical (unpaired) electrons. The van der Waals surface area contributed by atoms with Gasteiger partial charge in [0.25, 0.3) is 5.91 Å². The van der Waals surface area contributed by atoms with Gasteiger partial charge in [-0.15, -0.1) is 0 Å². The van der Waals surface area contributed by atoms with E-state index in [1.807, 2.05) is 6.07 Å². The van der Waals surface area contributed by atoms with Gasteiger partial charge in [-0.25, -0.2) is 0 Å². The summed E-state index contributed by atoms with van der Waals surface area (Å²) in [6.45, 7) is 0.715. The lowest BCUT2D eigenvalue weighted by Crippen LogP contribution is -2.52. The molecule has 1 aromatic rings. The number of benzene rings is 1. The molecule has 3 rings (SSSR count). The van der Waals surface area contributed by atoms with E-state index < -0.39 is 11.9 Å². The van der Waals surface area contributed by atoms with Crippen LogP contribution in [0.5, 0.6) is 0 Å². The molecule has 0 aliphatic carbocycles. The maximum absolute atomic E-state index is 12.7. The van der Waals surface area contributed by atoms with Crippen LogP contribution in [0, 0.1) is 11.8 Å². The first kappa shape index (κ1) is 17.8. The van der Waals surface area contributed by atoms with E-state index in [1.54, 1.807) is 12.1 Å². The van der Waals surface area contributed by atoms with E-state index in [1.165, 1.54) is 4.90 Å². The van der Waals surface area contributed by atoms with Gasteiger partial charge >= 0.3 is 0 Å². The molecule has 7 nitrogen and oxygen atoms in total. The minimum Gasteiger partial charge on any atom is -0.373 e. The molecule has 2 heterocycles. The normalized spacial score (nSPS) is 18.8. The van der Waals surface area contributed by atoms with Crippen molar-refractivity contribution < 1.29 is 23.9 Å². The van der Waals surface area contributed by atoms with Crippen molar-refractivity contribution in [3.63, 3.8) is 0 Å². The summed E-state index contributed by atoms with van der Waals surface area (Å²) in [7, 11) is 0. The Kier molecular flexibility index (Phi) is 5.44. The minimum absolute atomic E-state index is 0.0534. The molecular formula is C19H18N2O5. The van der Waals surface area contributed by atoms with Crippen molar-refractivity contribution in [1.29, 1.82) is 0 Å². The molecule has 3 amide bonds. The Hall–Kier alpha value is -2.98. The summed E-state index contributed by atoms with van der Waals surface area (Å²) in [4.78, 5) is 47.8. The van der Waals surface area contributed by atoms with Gasteiger partial charge in [0.05, 0.1) is 6.61 Å². The molecular weight excluding hydrogens is 336 g/mol. The van der Waals surface area contributed by atoms with E-state index in [9.17, 15) is 19.2 Å². The van der Waals surface area contributed by atoms with Gasteiger partial charge in [-0.05, 0) is 24.1 Å². The number of rotatable bonds is 5. The van der Waals surface area contributed by atoms with Gasteiger partial charge in [-0.3, -0.25) is 19.7 Å². The fraction of sp³-hybridized carbons (Fsp3) is 0.368. The Morgan fingerprint density at radius 1 is 1.31 bits per heavy atom. The van der Waals surface area contributed by atoms with E-state index in [2.05, 4.69) is 17.2 Å². The smallest absolute Gasteiger partial charge is 0.255 e. The fourth-order valence-corrected chi connectivity index (χ4v) is 3.12. The minimum atomic E-state index is -0.634. The maximum Gasteiger partial charge on any atom is 0.255 e. The fourth-order valence-electron chi connectivity index (χ4n) is 3.12. The third-order valence-electron chi connectivity index (χ3n) is 4.36. The van der Waals surface area contributed by atoms with Crippen molar-refractivity contribution in [2.24, 2.45) is 0 Å². The van der Waals surface area contributed by atoms with Gasteiger partial charge in [0, 0.05) is 30.5 Å². The van der Waals surface area contributed by atoms with Gasteiger partial charge < -0.3 is 14.4 Å². The molecule has 0 aromatic heterocycles. The highest BCUT2D eigenvalue weighted by molar-refractivity contribution is 6.05. The summed E-state index contributed by atoms with van der Waals surface area (Å²) in [6, 6.07) is 4.68. The predicted molar refractivity (Wildman–Crippen MR) is 90.9 cm³/mol. The summed E-state index contributed by atoms with van der Waals surface area (Å²) in [6.07, 6.45) is 1.72. The monoisotopic (exact) mass is 354 g/mol. The van der Waals surface area contributed by atoms with Crippen LogP contribution in [0.3, 0.4) is 0 Å². The average molecular weight is 354 g/mol. The molecule has 7 heteroatoms. The van der Waals surface area contributed by atoms with Crippen molar-refractivity contribution in [1.82, 2.24) is 10.2 Å². The Morgan fingerprint density at radius 2 is 2.15 bits per heavy atom. The molecule has 0 bridgehead atoms. The number of fused-ring (bicyclic) bond motifs is 1. The number of aldehydes is 1. The molecule has 0 saturated carbocycles. The van der Waals surface area contributed by atoms with Crippen LogP contribution in [0.1, 0.15) is 40.7 Å². The number of hydrogen-bond donors (Lipinski definition) is 1. The Bertz CT molecular complexity index is 821. The molecule has 1 fully saturated rings. The number of ether oxygens (including phenoxy) is 1. The quantitative estimate of drug-likeness (QED) is 0.358. The number of piperidine rings is 1. The summed E-state index contributed by atoms with van der Waals surface area (Å²) in [5, 5.41) is 2.29. The molecule has 1 aromatic carbocycles. The first-order valence-corrected chi connectivity index (χ1v) is 8.38. The standard InChI is InChI=1S/C19H18N2O5/c22-9-11-26-10-2-1-4-13-5-3-6-14-15(13)12-21(19(14)25)16-7-8-17(23)20-18(16)24/h3,5-6,9,16H,2,7-8,10-12H2,(H,20,23,24). The van der Waals surface area contributed by atoms with Gasteiger partial charge in [0.2, 0.25) is 11.8 Å². The summed E-state index contributed by atoms with van der Waals surface area (Å²) in [5.74, 6) is 5.05. The molecule has 1 atom stereocenters. The first-order valence-electron chi connectivity index (χ1n) is 8.38. The molecule has 26 heavy (non-hydrogen) atoms. The van der Waals surface area contributed by atoms with Crippen LogP contribution < -0.4 is 5.32 Å². The highest BCUT2D eigenvalue weighted by Crippen LogP contribution is 2.29. The summed E-state index contributed by atoms with van der Waals surface area (Å²) < 4.78 is 5.04. The third-order valence-corrected chi connectivity index (χ3v) is 4.36. The van der Waals surface area contributed by atoms with E-state index in [0.717, 1.165) is 11.1 Å². The largest absolute Gasteiger partial charge is 0.373 e. The molecule has 1 unspecified atom stereocenters. The highest BCUT2D eigenvalue weighted by Gasteiger charge is 2.39. The number of amides is 3. The van der Waals surface area contributed by atoms with Crippen LogP contribution in [0.2, 0.25) is 0 Å². The maximum atomic E-state index is 12.7. The number of nitrogens with one attached hydrogen (secondary N) is 1. The van der Waals surface area contributed by atoms with Crippen LogP contribution in [-0.4, -0.2) is 48.2 Å². The van der Waals surface area contributed by atoms with Crippen LogP contribution >= 0.6 is 0 Å². The Morgan fingerprint density at radius 3 is 2.92 bits per heavy atom. The van der Waals surface area contributed by atoms with E-state index in [0.29, 0.717) is 37.8 Å². The second-order valence-electron chi connectivity index (χ2n) is 6.02. The van der Waals surface area contributed by atoms with E-state index in [-0.39, 0.29) is 24.8 Å². The van der Waals surface area contributed by atoms with E-state index >= 15 is 0 Å².